The lowest BCUT2D eigenvalue weighted by Crippen LogP contribution is -2.47. The minimum Gasteiger partial charge on any atom is -0.460 e. The molecule has 0 bridgehead atoms. The van der Waals surface area contributed by atoms with Crippen molar-refractivity contribution in [3.63, 3.8) is 0 Å². The summed E-state index contributed by atoms with van der Waals surface area (Å²) in [5, 5.41) is 4.27. The van der Waals surface area contributed by atoms with E-state index in [2.05, 4.69) is 41.2 Å². The smallest absolute Gasteiger partial charge is 0.244 e. The van der Waals surface area contributed by atoms with Gasteiger partial charge in [-0.1, -0.05) is 55.5 Å². The summed E-state index contributed by atoms with van der Waals surface area (Å²) in [6.07, 6.45) is 4.31. The van der Waals surface area contributed by atoms with Crippen LogP contribution in [0.2, 0.25) is 0 Å². The Morgan fingerprint density at radius 3 is 2.52 bits per heavy atom. The number of likely N-dealkylation sites (N-methyl/N-ethyl adjacent to an activating group) is 1. The molecule has 162 valence electrons. The highest BCUT2D eigenvalue weighted by atomic mass is 16.3. The van der Waals surface area contributed by atoms with Gasteiger partial charge in [0.15, 0.2) is 0 Å². The number of fused-ring (bicyclic) bond motifs is 1. The Morgan fingerprint density at radius 1 is 1.06 bits per heavy atom. The Morgan fingerprint density at radius 2 is 1.77 bits per heavy atom. The fourth-order valence-corrected chi connectivity index (χ4v) is 4.15. The van der Waals surface area contributed by atoms with Gasteiger partial charge in [-0.25, -0.2) is 0 Å². The predicted molar refractivity (Wildman–Crippen MR) is 126 cm³/mol. The summed E-state index contributed by atoms with van der Waals surface area (Å²) >= 11 is 0. The molecule has 0 aliphatic carbocycles. The van der Waals surface area contributed by atoms with Crippen LogP contribution in [-0.4, -0.2) is 55.5 Å². The van der Waals surface area contributed by atoms with E-state index >= 15 is 0 Å². The number of carbonyl (C=O) groups is 1. The largest absolute Gasteiger partial charge is 0.460 e. The maximum Gasteiger partial charge on any atom is 0.244 e. The number of piperazine rings is 1. The zero-order chi connectivity index (χ0) is 21.6. The van der Waals surface area contributed by atoms with Gasteiger partial charge in [0.25, 0.3) is 0 Å². The second-order valence-electron chi connectivity index (χ2n) is 8.20. The van der Waals surface area contributed by atoms with Gasteiger partial charge in [0.05, 0.1) is 6.04 Å². The highest BCUT2D eigenvalue weighted by Gasteiger charge is 2.20. The number of nitrogens with zero attached hydrogens (tertiary/aromatic N) is 2. The van der Waals surface area contributed by atoms with Crippen LogP contribution in [0.5, 0.6) is 0 Å². The first kappa shape index (κ1) is 21.3. The van der Waals surface area contributed by atoms with Crippen LogP contribution in [0.1, 0.15) is 29.9 Å². The molecule has 5 nitrogen and oxygen atoms in total. The third-order valence-corrected chi connectivity index (χ3v) is 5.99. The summed E-state index contributed by atoms with van der Waals surface area (Å²) < 4.78 is 5.95. The molecule has 1 fully saturated rings. The number of amides is 1. The molecule has 4 rings (SSSR count). The van der Waals surface area contributed by atoms with Gasteiger partial charge in [-0.15, -0.1) is 0 Å². The van der Waals surface area contributed by atoms with Gasteiger partial charge >= 0.3 is 0 Å². The topological polar surface area (TPSA) is 48.7 Å². The lowest BCUT2D eigenvalue weighted by molar-refractivity contribution is -0.117. The molecule has 31 heavy (non-hydrogen) atoms. The van der Waals surface area contributed by atoms with Gasteiger partial charge in [0.2, 0.25) is 5.91 Å². The summed E-state index contributed by atoms with van der Waals surface area (Å²) in [5.74, 6) is 0.817. The van der Waals surface area contributed by atoms with Crippen LogP contribution in [0, 0.1) is 0 Å². The molecule has 1 amide bonds. The minimum atomic E-state index is -0.0877. The molecule has 0 spiro atoms. The van der Waals surface area contributed by atoms with Crippen molar-refractivity contribution in [2.24, 2.45) is 0 Å². The Balaban J connectivity index is 1.50. The van der Waals surface area contributed by atoms with Gasteiger partial charge < -0.3 is 14.6 Å². The van der Waals surface area contributed by atoms with Gasteiger partial charge in [-0.2, -0.15) is 0 Å². The zero-order valence-electron chi connectivity index (χ0n) is 18.4. The van der Waals surface area contributed by atoms with Crippen LogP contribution < -0.4 is 5.32 Å². The second-order valence-corrected chi connectivity index (χ2v) is 8.20. The van der Waals surface area contributed by atoms with Crippen LogP contribution in [0.15, 0.2) is 65.1 Å². The third-order valence-electron chi connectivity index (χ3n) is 5.99. The fraction of sp³-hybridized carbons (Fsp3) is 0.346. The normalized spacial score (nSPS) is 16.7. The van der Waals surface area contributed by atoms with Gasteiger partial charge in [0.1, 0.15) is 11.3 Å². The first-order valence-corrected chi connectivity index (χ1v) is 11.1. The predicted octanol–water partition coefficient (Wildman–Crippen LogP) is 4.11. The number of aryl methyl sites for hydroxylation is 1. The van der Waals surface area contributed by atoms with Crippen molar-refractivity contribution in [1.82, 2.24) is 15.1 Å². The zero-order valence-corrected chi connectivity index (χ0v) is 18.4. The molecule has 1 aromatic heterocycles. The highest BCUT2D eigenvalue weighted by molar-refractivity contribution is 5.96. The van der Waals surface area contributed by atoms with Gasteiger partial charge in [0, 0.05) is 56.2 Å². The van der Waals surface area contributed by atoms with E-state index in [0.29, 0.717) is 0 Å². The van der Waals surface area contributed by atoms with Crippen LogP contribution in [0.25, 0.3) is 17.0 Å². The number of hydrogen-bond donors (Lipinski definition) is 1. The maximum absolute atomic E-state index is 12.9. The molecule has 5 heteroatoms. The van der Waals surface area contributed by atoms with E-state index in [-0.39, 0.29) is 11.9 Å². The van der Waals surface area contributed by atoms with E-state index in [1.54, 1.807) is 6.08 Å². The first-order chi connectivity index (χ1) is 15.1. The highest BCUT2D eigenvalue weighted by Crippen LogP contribution is 2.27. The SMILES string of the molecule is CCc1oc2ccccc2c1/C=C/C(=O)NC(CN1CCN(C)CC1)c1ccccc1. The van der Waals surface area contributed by atoms with Crippen LogP contribution in [0.3, 0.4) is 0 Å². The van der Waals surface area contributed by atoms with E-state index in [1.165, 1.54) is 0 Å². The quantitative estimate of drug-likeness (QED) is 0.588. The van der Waals surface area contributed by atoms with Crippen molar-refractivity contribution >= 4 is 23.0 Å². The van der Waals surface area contributed by atoms with Gasteiger partial charge in [-0.05, 0) is 24.8 Å². The first-order valence-electron chi connectivity index (χ1n) is 11.1. The lowest BCUT2D eigenvalue weighted by atomic mass is 10.1. The van der Waals surface area contributed by atoms with Crippen LogP contribution in [0.4, 0.5) is 0 Å². The molecule has 1 aliphatic rings. The number of furan rings is 1. The number of benzene rings is 2. The fourth-order valence-electron chi connectivity index (χ4n) is 4.15. The van der Waals surface area contributed by atoms with E-state index in [9.17, 15) is 4.79 Å². The number of hydrogen-bond acceptors (Lipinski definition) is 4. The second kappa shape index (κ2) is 9.94. The van der Waals surface area contributed by atoms with Gasteiger partial charge in [-0.3, -0.25) is 9.69 Å². The summed E-state index contributed by atoms with van der Waals surface area (Å²) in [5.41, 5.74) is 2.98. The van der Waals surface area contributed by atoms with Crippen molar-refractivity contribution in [2.45, 2.75) is 19.4 Å². The molecule has 1 N–H and O–H groups in total. The number of nitrogens with one attached hydrogen (secondary N) is 1. The average molecular weight is 418 g/mol. The molecule has 1 aliphatic heterocycles. The number of para-hydroxylation sites is 1. The maximum atomic E-state index is 12.9. The molecule has 2 heterocycles. The summed E-state index contributed by atoms with van der Waals surface area (Å²) in [7, 11) is 2.16. The molecular formula is C26H31N3O2. The Kier molecular flexibility index (Phi) is 6.85. The van der Waals surface area contributed by atoms with E-state index < -0.39 is 0 Å². The summed E-state index contributed by atoms with van der Waals surface area (Å²) in [4.78, 5) is 17.7. The van der Waals surface area contributed by atoms with E-state index in [0.717, 1.165) is 67.0 Å². The molecule has 0 radical (unpaired) electrons. The number of carbonyl (C=O) groups excluding carboxylic acids is 1. The van der Waals surface area contributed by atoms with Crippen LogP contribution in [-0.2, 0) is 11.2 Å². The monoisotopic (exact) mass is 417 g/mol. The Bertz CT molecular complexity index is 1030. The van der Waals surface area contributed by atoms with Crippen molar-refractivity contribution in [3.05, 3.63) is 77.6 Å². The molecule has 3 aromatic rings. The van der Waals surface area contributed by atoms with Crippen LogP contribution >= 0.6 is 0 Å². The standard InChI is InChI=1S/C26H31N3O2/c1-3-24-22(21-11-7-8-12-25(21)31-24)13-14-26(30)27-23(20-9-5-4-6-10-20)19-29-17-15-28(2)16-18-29/h4-14,23H,3,15-19H2,1-2H3,(H,27,30)/b14-13+. The number of rotatable bonds is 7. The third kappa shape index (κ3) is 5.24. The summed E-state index contributed by atoms with van der Waals surface area (Å²) in [6, 6.07) is 18.2. The molecule has 1 saturated heterocycles. The van der Waals surface area contributed by atoms with Crippen molar-refractivity contribution in [1.29, 1.82) is 0 Å². The minimum absolute atomic E-state index is 0.0477. The molecule has 1 atom stereocenters. The molecular weight excluding hydrogens is 386 g/mol. The Labute approximate surface area is 184 Å². The molecule has 0 saturated carbocycles. The molecule has 2 aromatic carbocycles. The van der Waals surface area contributed by atoms with E-state index in [4.69, 9.17) is 4.42 Å². The van der Waals surface area contributed by atoms with Crippen molar-refractivity contribution in [3.8, 4) is 0 Å². The lowest BCUT2D eigenvalue weighted by Gasteiger charge is -2.34. The Hall–Kier alpha value is -2.89. The average Bonchev–Trinajstić information content (AvgIpc) is 3.17. The van der Waals surface area contributed by atoms with Crippen molar-refractivity contribution < 1.29 is 9.21 Å². The van der Waals surface area contributed by atoms with Crippen molar-refractivity contribution in [2.75, 3.05) is 39.8 Å². The summed E-state index contributed by atoms with van der Waals surface area (Å²) in [6.45, 7) is 7.03. The van der Waals surface area contributed by atoms with E-state index in [1.807, 2.05) is 48.5 Å². The molecule has 1 unspecified atom stereocenters.